The van der Waals surface area contributed by atoms with Crippen LogP contribution in [0.1, 0.15) is 11.5 Å². The summed E-state index contributed by atoms with van der Waals surface area (Å²) in [6.45, 7) is 0. The molecule has 0 aliphatic carbocycles. The Morgan fingerprint density at radius 2 is 1.58 bits per heavy atom. The Kier molecular flexibility index (Phi) is 3.35. The van der Waals surface area contributed by atoms with Gasteiger partial charge in [-0.15, -0.1) is 0 Å². The molecule has 3 heterocycles. The maximum atomic E-state index is 5.69. The predicted octanol–water partition coefficient (Wildman–Crippen LogP) is 5.20. The first-order valence-electron chi connectivity index (χ1n) is 8.21. The molecule has 0 saturated carbocycles. The monoisotopic (exact) mass is 339 g/mol. The van der Waals surface area contributed by atoms with Crippen LogP contribution in [0.4, 0.5) is 0 Å². The van der Waals surface area contributed by atoms with E-state index < -0.39 is 0 Å². The molecule has 0 aliphatic heterocycles. The van der Waals surface area contributed by atoms with Gasteiger partial charge >= 0.3 is 0 Å². The van der Waals surface area contributed by atoms with E-state index in [1.165, 1.54) is 0 Å². The van der Waals surface area contributed by atoms with Gasteiger partial charge in [-0.2, -0.15) is 0 Å². The first kappa shape index (κ1) is 14.6. The molecule has 0 bridgehead atoms. The van der Waals surface area contributed by atoms with Gasteiger partial charge < -0.3 is 8.83 Å². The molecule has 124 valence electrons. The summed E-state index contributed by atoms with van der Waals surface area (Å²) in [6.07, 6.45) is 5.51. The number of pyridine rings is 1. The van der Waals surface area contributed by atoms with Gasteiger partial charge in [-0.05, 0) is 48.0 Å². The molecule has 5 nitrogen and oxygen atoms in total. The minimum Gasteiger partial charge on any atom is -0.437 e. The second-order valence-corrected chi connectivity index (χ2v) is 5.82. The summed E-state index contributed by atoms with van der Waals surface area (Å²) in [5, 5.41) is 0. The van der Waals surface area contributed by atoms with Crippen molar-refractivity contribution in [2.24, 2.45) is 0 Å². The van der Waals surface area contributed by atoms with Gasteiger partial charge in [0.05, 0.1) is 0 Å². The van der Waals surface area contributed by atoms with E-state index in [2.05, 4.69) is 15.0 Å². The Labute approximate surface area is 148 Å². The second kappa shape index (κ2) is 5.97. The molecule has 5 rings (SSSR count). The topological polar surface area (TPSA) is 65.0 Å². The quantitative estimate of drug-likeness (QED) is 0.452. The van der Waals surface area contributed by atoms with Crippen LogP contribution in [0.15, 0.2) is 75.7 Å². The van der Waals surface area contributed by atoms with E-state index in [1.807, 2.05) is 72.8 Å². The zero-order valence-electron chi connectivity index (χ0n) is 13.7. The lowest BCUT2D eigenvalue weighted by Gasteiger charge is -1.96. The number of rotatable bonds is 3. The van der Waals surface area contributed by atoms with Gasteiger partial charge in [0.1, 0.15) is 11.0 Å². The number of aromatic nitrogens is 3. The van der Waals surface area contributed by atoms with Crippen LogP contribution < -0.4 is 0 Å². The molecule has 5 aromatic rings. The largest absolute Gasteiger partial charge is 0.437 e. The number of oxazole rings is 2. The van der Waals surface area contributed by atoms with Gasteiger partial charge in [0.25, 0.3) is 0 Å². The summed E-state index contributed by atoms with van der Waals surface area (Å²) in [5.74, 6) is 1.15. The van der Waals surface area contributed by atoms with Gasteiger partial charge in [0.2, 0.25) is 17.5 Å². The molecule has 0 radical (unpaired) electrons. The van der Waals surface area contributed by atoms with Crippen molar-refractivity contribution in [3.63, 3.8) is 0 Å². The summed E-state index contributed by atoms with van der Waals surface area (Å²) in [4.78, 5) is 13.1. The molecule has 0 saturated heterocycles. The Bertz CT molecular complexity index is 1170. The molecule has 0 amide bonds. The standard InChI is InChI=1S/C21H13N3O2/c1-2-6-18-16(4-1)23-19(25-18)12-9-14-7-10-15(11-8-14)20-24-17-5-3-13-22-21(17)26-20/h1-13H. The normalized spacial score (nSPS) is 11.7. The zero-order valence-corrected chi connectivity index (χ0v) is 13.7. The van der Waals surface area contributed by atoms with Crippen molar-refractivity contribution < 1.29 is 8.83 Å². The first-order valence-corrected chi connectivity index (χ1v) is 8.21. The molecule has 0 aliphatic rings. The number of para-hydroxylation sites is 2. The number of nitrogens with zero attached hydrogens (tertiary/aromatic N) is 3. The molecule has 26 heavy (non-hydrogen) atoms. The number of hydrogen-bond donors (Lipinski definition) is 0. The summed E-state index contributed by atoms with van der Waals surface area (Å²) < 4.78 is 11.4. The van der Waals surface area contributed by atoms with Crippen LogP contribution >= 0.6 is 0 Å². The van der Waals surface area contributed by atoms with Crippen molar-refractivity contribution in [1.82, 2.24) is 15.0 Å². The lowest BCUT2D eigenvalue weighted by molar-refractivity contribution is 0.589. The van der Waals surface area contributed by atoms with Crippen molar-refractivity contribution in [2.45, 2.75) is 0 Å². The SMILES string of the molecule is C(=Cc1nc2ccccc2o1)c1ccc(-c2nc3cccnc3o2)cc1. The zero-order chi connectivity index (χ0) is 17.3. The fourth-order valence-electron chi connectivity index (χ4n) is 2.76. The highest BCUT2D eigenvalue weighted by Gasteiger charge is 2.08. The Hall–Kier alpha value is -3.73. The van der Waals surface area contributed by atoms with Crippen LogP contribution in [0.5, 0.6) is 0 Å². The fraction of sp³-hybridized carbons (Fsp3) is 0. The van der Waals surface area contributed by atoms with E-state index in [-0.39, 0.29) is 0 Å². The highest BCUT2D eigenvalue weighted by molar-refractivity contribution is 5.76. The molecular formula is C21H13N3O2. The van der Waals surface area contributed by atoms with Crippen LogP contribution in [-0.2, 0) is 0 Å². The fourth-order valence-corrected chi connectivity index (χ4v) is 2.76. The molecular weight excluding hydrogens is 326 g/mol. The van der Waals surface area contributed by atoms with Crippen LogP contribution in [0.25, 0.3) is 45.9 Å². The number of benzene rings is 2. The van der Waals surface area contributed by atoms with Crippen molar-refractivity contribution in [3.8, 4) is 11.5 Å². The van der Waals surface area contributed by atoms with Gasteiger partial charge in [0, 0.05) is 17.8 Å². The van der Waals surface area contributed by atoms with Gasteiger partial charge in [0.15, 0.2) is 5.58 Å². The average Bonchev–Trinajstić information content (AvgIpc) is 3.30. The third-order valence-electron chi connectivity index (χ3n) is 4.05. The molecule has 5 heteroatoms. The maximum Gasteiger partial charge on any atom is 0.247 e. The van der Waals surface area contributed by atoms with Crippen LogP contribution in [0.3, 0.4) is 0 Å². The molecule has 0 unspecified atom stereocenters. The summed E-state index contributed by atoms with van der Waals surface area (Å²) in [5.41, 5.74) is 4.87. The van der Waals surface area contributed by atoms with Crippen molar-refractivity contribution in [1.29, 1.82) is 0 Å². The van der Waals surface area contributed by atoms with Crippen molar-refractivity contribution in [2.75, 3.05) is 0 Å². The lowest BCUT2D eigenvalue weighted by atomic mass is 10.1. The predicted molar refractivity (Wildman–Crippen MR) is 100 cm³/mol. The van der Waals surface area contributed by atoms with Crippen molar-refractivity contribution in [3.05, 3.63) is 78.3 Å². The van der Waals surface area contributed by atoms with Crippen molar-refractivity contribution >= 4 is 34.5 Å². The Morgan fingerprint density at radius 1 is 0.731 bits per heavy atom. The second-order valence-electron chi connectivity index (χ2n) is 5.82. The highest BCUT2D eigenvalue weighted by atomic mass is 16.4. The average molecular weight is 339 g/mol. The van der Waals surface area contributed by atoms with E-state index in [0.29, 0.717) is 17.5 Å². The number of fused-ring (bicyclic) bond motifs is 2. The Balaban J connectivity index is 1.40. The van der Waals surface area contributed by atoms with E-state index in [0.717, 1.165) is 27.7 Å². The summed E-state index contributed by atoms with van der Waals surface area (Å²) in [7, 11) is 0. The van der Waals surface area contributed by atoms with Gasteiger partial charge in [-0.25, -0.2) is 15.0 Å². The smallest absolute Gasteiger partial charge is 0.247 e. The number of hydrogen-bond acceptors (Lipinski definition) is 5. The van der Waals surface area contributed by atoms with Crippen LogP contribution in [0, 0.1) is 0 Å². The van der Waals surface area contributed by atoms with E-state index in [1.54, 1.807) is 6.20 Å². The lowest BCUT2D eigenvalue weighted by Crippen LogP contribution is -1.78. The Morgan fingerprint density at radius 3 is 2.42 bits per heavy atom. The van der Waals surface area contributed by atoms with Crippen LogP contribution in [0.2, 0.25) is 0 Å². The van der Waals surface area contributed by atoms with Crippen LogP contribution in [-0.4, -0.2) is 15.0 Å². The van der Waals surface area contributed by atoms with Gasteiger partial charge in [-0.3, -0.25) is 0 Å². The highest BCUT2D eigenvalue weighted by Crippen LogP contribution is 2.23. The molecule has 0 fully saturated rings. The summed E-state index contributed by atoms with van der Waals surface area (Å²) in [6, 6.07) is 19.4. The van der Waals surface area contributed by atoms with E-state index >= 15 is 0 Å². The molecule has 0 N–H and O–H groups in total. The van der Waals surface area contributed by atoms with Gasteiger partial charge in [-0.1, -0.05) is 24.3 Å². The minimum absolute atomic E-state index is 0.544. The maximum absolute atomic E-state index is 5.69. The minimum atomic E-state index is 0.544. The summed E-state index contributed by atoms with van der Waals surface area (Å²) >= 11 is 0. The van der Waals surface area contributed by atoms with E-state index in [9.17, 15) is 0 Å². The first-order chi connectivity index (χ1) is 12.8. The molecule has 3 aromatic heterocycles. The molecule has 2 aromatic carbocycles. The molecule has 0 atom stereocenters. The third kappa shape index (κ3) is 2.65. The third-order valence-corrected chi connectivity index (χ3v) is 4.05. The van der Waals surface area contributed by atoms with E-state index in [4.69, 9.17) is 8.83 Å². The molecule has 0 spiro atoms.